The zero-order valence-corrected chi connectivity index (χ0v) is 12.3. The maximum absolute atomic E-state index is 12.4. The molecule has 4 N–H and O–H groups in total. The monoisotopic (exact) mass is 313 g/mol. The van der Waals surface area contributed by atoms with Crippen LogP contribution >= 0.6 is 12.2 Å². The van der Waals surface area contributed by atoms with Crippen molar-refractivity contribution < 1.29 is 13.2 Å². The van der Waals surface area contributed by atoms with Crippen LogP contribution in [0.1, 0.15) is 12.0 Å². The number of rotatable bonds is 4. The third-order valence-electron chi connectivity index (χ3n) is 3.33. The molecule has 0 radical (unpaired) electrons. The Hall–Kier alpha value is -1.51. The Morgan fingerprint density at radius 1 is 1.25 bits per heavy atom. The highest BCUT2D eigenvalue weighted by Gasteiger charge is 2.34. The Morgan fingerprint density at radius 2 is 1.85 bits per heavy atom. The van der Waals surface area contributed by atoms with E-state index in [4.69, 9.17) is 23.7 Å². The summed E-state index contributed by atoms with van der Waals surface area (Å²) in [5.41, 5.74) is 11.3. The summed E-state index contributed by atoms with van der Waals surface area (Å²) in [7, 11) is -3.61. The molecule has 6 nitrogen and oxygen atoms in total. The number of hydrogen-bond donors (Lipinski definition) is 2. The number of carbonyl (C=O) groups excluding carboxylic acids is 1. The van der Waals surface area contributed by atoms with E-state index in [1.54, 1.807) is 12.1 Å². The Balaban J connectivity index is 2.23. The lowest BCUT2D eigenvalue weighted by atomic mass is 10.1. The van der Waals surface area contributed by atoms with E-state index in [-0.39, 0.29) is 16.4 Å². The second-order valence-electron chi connectivity index (χ2n) is 4.64. The standard InChI is InChI=1S/C12H15N3O3S2/c13-11(16)9-5-6-15(7-9)20(17,18)10-3-1-8(2-4-10)12(14)19/h1-4,9H,5-7H2,(H2,13,16)(H2,14,19). The van der Waals surface area contributed by atoms with Crippen molar-refractivity contribution in [1.82, 2.24) is 4.31 Å². The van der Waals surface area contributed by atoms with Gasteiger partial charge in [0.15, 0.2) is 0 Å². The van der Waals surface area contributed by atoms with Gasteiger partial charge in [0.05, 0.1) is 10.8 Å². The van der Waals surface area contributed by atoms with Gasteiger partial charge in [-0.1, -0.05) is 24.4 Å². The van der Waals surface area contributed by atoms with E-state index in [9.17, 15) is 13.2 Å². The van der Waals surface area contributed by atoms with Gasteiger partial charge >= 0.3 is 0 Å². The molecule has 0 saturated carbocycles. The van der Waals surface area contributed by atoms with Gasteiger partial charge in [0.1, 0.15) is 4.99 Å². The Kier molecular flexibility index (Phi) is 4.07. The number of primary amides is 1. The Labute approximate surface area is 122 Å². The molecule has 0 spiro atoms. The molecule has 20 heavy (non-hydrogen) atoms. The Bertz CT molecular complexity index is 640. The predicted octanol–water partition coefficient (Wildman–Crippen LogP) is -0.183. The van der Waals surface area contributed by atoms with Crippen LogP contribution in [-0.4, -0.2) is 36.7 Å². The molecular weight excluding hydrogens is 298 g/mol. The smallest absolute Gasteiger partial charge is 0.243 e. The fraction of sp³-hybridized carbons (Fsp3) is 0.333. The lowest BCUT2D eigenvalue weighted by Crippen LogP contribution is -2.31. The molecule has 2 rings (SSSR count). The number of nitrogens with zero attached hydrogens (tertiary/aromatic N) is 1. The summed E-state index contributed by atoms with van der Waals surface area (Å²) >= 11 is 4.82. The number of thiocarbonyl (C=S) groups is 1. The van der Waals surface area contributed by atoms with Crippen molar-refractivity contribution >= 4 is 33.1 Å². The van der Waals surface area contributed by atoms with Crippen molar-refractivity contribution in [3.63, 3.8) is 0 Å². The minimum atomic E-state index is -3.61. The quantitative estimate of drug-likeness (QED) is 0.750. The Morgan fingerprint density at radius 3 is 2.30 bits per heavy atom. The first-order chi connectivity index (χ1) is 9.32. The van der Waals surface area contributed by atoms with Crippen molar-refractivity contribution in [3.05, 3.63) is 29.8 Å². The van der Waals surface area contributed by atoms with Crippen molar-refractivity contribution in [2.75, 3.05) is 13.1 Å². The molecule has 1 amide bonds. The average Bonchev–Trinajstić information content (AvgIpc) is 2.89. The second kappa shape index (κ2) is 5.47. The summed E-state index contributed by atoms with van der Waals surface area (Å²) in [6.07, 6.45) is 0.458. The summed E-state index contributed by atoms with van der Waals surface area (Å²) in [6.45, 7) is 0.432. The molecule has 0 aliphatic carbocycles. The molecule has 1 aromatic rings. The van der Waals surface area contributed by atoms with Gasteiger partial charge in [-0.15, -0.1) is 0 Å². The zero-order chi connectivity index (χ0) is 14.9. The first-order valence-electron chi connectivity index (χ1n) is 6.01. The van der Waals surface area contributed by atoms with Gasteiger partial charge in [-0.3, -0.25) is 4.79 Å². The van der Waals surface area contributed by atoms with Gasteiger partial charge in [0.25, 0.3) is 0 Å². The number of carbonyl (C=O) groups is 1. The van der Waals surface area contributed by atoms with Gasteiger partial charge in [-0.05, 0) is 18.6 Å². The molecule has 1 aliphatic rings. The van der Waals surface area contributed by atoms with Crippen molar-refractivity contribution in [3.8, 4) is 0 Å². The minimum absolute atomic E-state index is 0.134. The average molecular weight is 313 g/mol. The molecule has 1 atom stereocenters. The SMILES string of the molecule is NC(=O)C1CCN(S(=O)(=O)c2ccc(C(N)=S)cc2)C1. The van der Waals surface area contributed by atoms with E-state index in [0.717, 1.165) is 0 Å². The highest BCUT2D eigenvalue weighted by atomic mass is 32.2. The number of hydrogen-bond acceptors (Lipinski definition) is 4. The first kappa shape index (κ1) is 14.9. The van der Waals surface area contributed by atoms with Crippen molar-refractivity contribution in [1.29, 1.82) is 0 Å². The van der Waals surface area contributed by atoms with E-state index in [0.29, 0.717) is 18.5 Å². The van der Waals surface area contributed by atoms with Gasteiger partial charge in [-0.25, -0.2) is 8.42 Å². The molecule has 0 aromatic heterocycles. The molecule has 1 saturated heterocycles. The van der Waals surface area contributed by atoms with Crippen LogP contribution in [0.3, 0.4) is 0 Å². The summed E-state index contributed by atoms with van der Waals surface area (Å²) < 4.78 is 26.1. The van der Waals surface area contributed by atoms with Crippen LogP contribution in [-0.2, 0) is 14.8 Å². The van der Waals surface area contributed by atoms with Gasteiger partial charge in [-0.2, -0.15) is 4.31 Å². The van der Waals surface area contributed by atoms with Gasteiger partial charge in [0, 0.05) is 18.7 Å². The zero-order valence-electron chi connectivity index (χ0n) is 10.7. The second-order valence-corrected chi connectivity index (χ2v) is 7.02. The normalized spacial score (nSPS) is 19.9. The third-order valence-corrected chi connectivity index (χ3v) is 5.45. The lowest BCUT2D eigenvalue weighted by molar-refractivity contribution is -0.121. The molecule has 8 heteroatoms. The third kappa shape index (κ3) is 2.82. The fourth-order valence-corrected chi connectivity index (χ4v) is 3.76. The summed E-state index contributed by atoms with van der Waals surface area (Å²) in [5, 5.41) is 0. The lowest BCUT2D eigenvalue weighted by Gasteiger charge is -2.16. The molecule has 1 fully saturated rings. The molecule has 1 aliphatic heterocycles. The highest BCUT2D eigenvalue weighted by molar-refractivity contribution is 7.89. The molecule has 1 heterocycles. The van der Waals surface area contributed by atoms with Crippen LogP contribution in [0.5, 0.6) is 0 Å². The largest absolute Gasteiger partial charge is 0.389 e. The summed E-state index contributed by atoms with van der Waals surface area (Å²) in [4.78, 5) is 11.5. The van der Waals surface area contributed by atoms with Crippen LogP contribution in [0.15, 0.2) is 29.2 Å². The predicted molar refractivity (Wildman–Crippen MR) is 78.4 cm³/mol. The first-order valence-corrected chi connectivity index (χ1v) is 7.86. The summed E-state index contributed by atoms with van der Waals surface area (Å²) in [6, 6.07) is 6.05. The topological polar surface area (TPSA) is 106 Å². The molecule has 0 bridgehead atoms. The van der Waals surface area contributed by atoms with Crippen molar-refractivity contribution in [2.45, 2.75) is 11.3 Å². The van der Waals surface area contributed by atoms with Crippen LogP contribution in [0, 0.1) is 5.92 Å². The van der Waals surface area contributed by atoms with E-state index in [1.807, 2.05) is 0 Å². The number of nitrogens with two attached hydrogens (primary N) is 2. The van der Waals surface area contributed by atoms with Crippen LogP contribution < -0.4 is 11.5 Å². The fourth-order valence-electron chi connectivity index (χ4n) is 2.12. The maximum atomic E-state index is 12.4. The number of benzene rings is 1. The van der Waals surface area contributed by atoms with E-state index in [1.165, 1.54) is 16.4 Å². The minimum Gasteiger partial charge on any atom is -0.389 e. The van der Waals surface area contributed by atoms with Crippen LogP contribution in [0.25, 0.3) is 0 Å². The molecule has 1 aromatic carbocycles. The van der Waals surface area contributed by atoms with Crippen LogP contribution in [0.4, 0.5) is 0 Å². The van der Waals surface area contributed by atoms with Crippen molar-refractivity contribution in [2.24, 2.45) is 17.4 Å². The van der Waals surface area contributed by atoms with E-state index < -0.39 is 21.8 Å². The summed E-state index contributed by atoms with van der Waals surface area (Å²) in [5.74, 6) is -0.882. The molecule has 108 valence electrons. The molecular formula is C12H15N3O3S2. The number of amides is 1. The van der Waals surface area contributed by atoms with E-state index in [2.05, 4.69) is 0 Å². The highest BCUT2D eigenvalue weighted by Crippen LogP contribution is 2.24. The number of sulfonamides is 1. The molecule has 1 unspecified atom stereocenters. The van der Waals surface area contributed by atoms with E-state index >= 15 is 0 Å². The van der Waals surface area contributed by atoms with Gasteiger partial charge in [0.2, 0.25) is 15.9 Å². The van der Waals surface area contributed by atoms with Crippen LogP contribution in [0.2, 0.25) is 0 Å². The maximum Gasteiger partial charge on any atom is 0.243 e. The van der Waals surface area contributed by atoms with Gasteiger partial charge < -0.3 is 11.5 Å².